The molecule has 1 heterocycles. The molecular weight excluding hydrogens is 280 g/mol. The fourth-order valence-electron chi connectivity index (χ4n) is 1.04. The van der Waals surface area contributed by atoms with Crippen molar-refractivity contribution in [3.63, 3.8) is 0 Å². The van der Waals surface area contributed by atoms with E-state index in [-0.39, 0.29) is 12.6 Å². The summed E-state index contributed by atoms with van der Waals surface area (Å²) in [5.41, 5.74) is 4.93. The van der Waals surface area contributed by atoms with Crippen molar-refractivity contribution in [2.75, 3.05) is 6.54 Å². The molecule has 0 spiro atoms. The molecule has 15 heavy (non-hydrogen) atoms. The molecule has 1 amide bonds. The van der Waals surface area contributed by atoms with E-state index >= 15 is 0 Å². The minimum atomic E-state index is -1.13. The van der Waals surface area contributed by atoms with Crippen molar-refractivity contribution in [1.82, 2.24) is 5.32 Å². The molecule has 0 bridgehead atoms. The Bertz CT molecular complexity index is 343. The summed E-state index contributed by atoms with van der Waals surface area (Å²) < 4.78 is 1.03. The van der Waals surface area contributed by atoms with E-state index < -0.39 is 12.0 Å². The predicted molar refractivity (Wildman–Crippen MR) is 63.6 cm³/mol. The Morgan fingerprint density at radius 1 is 1.80 bits per heavy atom. The van der Waals surface area contributed by atoms with Crippen LogP contribution in [-0.2, 0) is 4.79 Å². The Balaban J connectivity index is 2.43. The van der Waals surface area contributed by atoms with E-state index in [2.05, 4.69) is 21.2 Å². The number of thiophene rings is 1. The highest BCUT2D eigenvalue weighted by atomic mass is 79.9. The molecule has 0 saturated heterocycles. The monoisotopic (exact) mass is 292 g/mol. The van der Waals surface area contributed by atoms with Crippen LogP contribution in [0.1, 0.15) is 17.8 Å². The van der Waals surface area contributed by atoms with Crippen LogP contribution in [0.15, 0.2) is 15.9 Å². The first kappa shape index (κ1) is 12.6. The molecule has 6 heteroatoms. The van der Waals surface area contributed by atoms with Crippen molar-refractivity contribution < 1.29 is 9.90 Å². The van der Waals surface area contributed by atoms with Crippen LogP contribution >= 0.6 is 27.3 Å². The number of carbonyl (C=O) groups excluding carboxylic acids is 1. The summed E-state index contributed by atoms with van der Waals surface area (Å²) in [6.45, 7) is 2.14. The summed E-state index contributed by atoms with van der Waals surface area (Å²) in [6.07, 6.45) is -1.13. The Morgan fingerprint density at radius 2 is 2.47 bits per heavy atom. The van der Waals surface area contributed by atoms with E-state index in [1.807, 2.05) is 18.4 Å². The molecule has 0 aromatic carbocycles. The normalized spacial score (nSPS) is 14.9. The molecule has 2 atom stereocenters. The topological polar surface area (TPSA) is 75.3 Å². The number of hydrogen-bond acceptors (Lipinski definition) is 4. The van der Waals surface area contributed by atoms with Crippen LogP contribution in [0.3, 0.4) is 0 Å². The van der Waals surface area contributed by atoms with Crippen molar-refractivity contribution in [3.05, 3.63) is 20.8 Å². The molecular formula is C9H13BrN2O2S. The first-order valence-corrected chi connectivity index (χ1v) is 6.12. The van der Waals surface area contributed by atoms with Crippen LogP contribution < -0.4 is 11.1 Å². The second-order valence-electron chi connectivity index (χ2n) is 3.22. The average Bonchev–Trinajstić information content (AvgIpc) is 2.60. The molecule has 0 aliphatic rings. The first-order chi connectivity index (χ1) is 7.00. The Kier molecular flexibility index (Phi) is 4.72. The Morgan fingerprint density at radius 3 is 2.93 bits per heavy atom. The van der Waals surface area contributed by atoms with Gasteiger partial charge in [0.1, 0.15) is 6.10 Å². The van der Waals surface area contributed by atoms with Gasteiger partial charge < -0.3 is 16.2 Å². The molecule has 4 nitrogen and oxygen atoms in total. The van der Waals surface area contributed by atoms with E-state index in [4.69, 9.17) is 5.73 Å². The number of amides is 1. The number of carbonyl (C=O) groups is 1. The fourth-order valence-corrected chi connectivity index (χ4v) is 2.52. The highest BCUT2D eigenvalue weighted by Crippen LogP contribution is 2.25. The van der Waals surface area contributed by atoms with Crippen LogP contribution in [0.4, 0.5) is 0 Å². The van der Waals surface area contributed by atoms with Crippen LogP contribution in [0.25, 0.3) is 0 Å². The third-order valence-corrected chi connectivity index (χ3v) is 3.84. The van der Waals surface area contributed by atoms with Gasteiger partial charge in [0, 0.05) is 27.3 Å². The lowest BCUT2D eigenvalue weighted by Gasteiger charge is -2.13. The molecule has 0 aliphatic heterocycles. The van der Waals surface area contributed by atoms with Gasteiger partial charge in [-0.15, -0.1) is 11.3 Å². The van der Waals surface area contributed by atoms with Crippen LogP contribution in [-0.4, -0.2) is 23.7 Å². The number of nitrogens with one attached hydrogen (secondary N) is 1. The standard InChI is InChI=1S/C9H13BrN2O2S/c1-5(8-2-6(10)4-15-8)12-3-7(13)9(11)14/h2,4-5,7,12-13H,3H2,1H3,(H2,11,14). The molecule has 2 unspecified atom stereocenters. The van der Waals surface area contributed by atoms with Gasteiger partial charge in [-0.05, 0) is 28.9 Å². The summed E-state index contributed by atoms with van der Waals surface area (Å²) in [5.74, 6) is -0.706. The summed E-state index contributed by atoms with van der Waals surface area (Å²) in [4.78, 5) is 11.7. The van der Waals surface area contributed by atoms with E-state index in [0.29, 0.717) is 0 Å². The van der Waals surface area contributed by atoms with Gasteiger partial charge in [0.15, 0.2) is 0 Å². The molecule has 0 radical (unpaired) electrons. The van der Waals surface area contributed by atoms with Crippen molar-refractivity contribution in [2.24, 2.45) is 5.73 Å². The maximum absolute atomic E-state index is 10.6. The van der Waals surface area contributed by atoms with Crippen molar-refractivity contribution in [1.29, 1.82) is 0 Å². The highest BCUT2D eigenvalue weighted by molar-refractivity contribution is 9.10. The lowest BCUT2D eigenvalue weighted by molar-refractivity contribution is -0.125. The molecule has 1 aromatic heterocycles. The number of aliphatic hydroxyl groups is 1. The SMILES string of the molecule is CC(NCC(O)C(N)=O)c1cc(Br)cs1. The lowest BCUT2D eigenvalue weighted by Crippen LogP contribution is -2.38. The van der Waals surface area contributed by atoms with Gasteiger partial charge in [0.2, 0.25) is 5.91 Å². The minimum absolute atomic E-state index is 0.0929. The second kappa shape index (κ2) is 5.60. The Hall–Kier alpha value is -0.430. The number of halogens is 1. The smallest absolute Gasteiger partial charge is 0.247 e. The van der Waals surface area contributed by atoms with Gasteiger partial charge in [0.25, 0.3) is 0 Å². The molecule has 0 saturated carbocycles. The fraction of sp³-hybridized carbons (Fsp3) is 0.444. The van der Waals surface area contributed by atoms with Crippen LogP contribution in [0, 0.1) is 0 Å². The third-order valence-electron chi connectivity index (χ3n) is 1.96. The van der Waals surface area contributed by atoms with Gasteiger partial charge in [-0.25, -0.2) is 0 Å². The Labute approximate surface area is 101 Å². The number of rotatable bonds is 5. The molecule has 1 rings (SSSR count). The zero-order valence-electron chi connectivity index (χ0n) is 8.24. The van der Waals surface area contributed by atoms with Gasteiger partial charge in [-0.2, -0.15) is 0 Å². The number of nitrogens with two attached hydrogens (primary N) is 1. The lowest BCUT2D eigenvalue weighted by atomic mass is 10.2. The maximum atomic E-state index is 10.6. The minimum Gasteiger partial charge on any atom is -0.382 e. The van der Waals surface area contributed by atoms with Crippen molar-refractivity contribution >= 4 is 33.2 Å². The molecule has 0 fully saturated rings. The zero-order chi connectivity index (χ0) is 11.4. The van der Waals surface area contributed by atoms with Gasteiger partial charge in [0.05, 0.1) is 0 Å². The van der Waals surface area contributed by atoms with E-state index in [9.17, 15) is 9.90 Å². The molecule has 84 valence electrons. The second-order valence-corrected chi connectivity index (χ2v) is 5.07. The number of aliphatic hydroxyl groups excluding tert-OH is 1. The first-order valence-electron chi connectivity index (χ1n) is 4.45. The number of primary amides is 1. The summed E-state index contributed by atoms with van der Waals surface area (Å²) in [7, 11) is 0. The quantitative estimate of drug-likeness (QED) is 0.758. The van der Waals surface area contributed by atoms with Gasteiger partial charge in [-0.3, -0.25) is 4.79 Å². The molecule has 4 N–H and O–H groups in total. The third kappa shape index (κ3) is 3.90. The van der Waals surface area contributed by atoms with Crippen molar-refractivity contribution in [2.45, 2.75) is 19.1 Å². The average molecular weight is 293 g/mol. The van der Waals surface area contributed by atoms with E-state index in [1.54, 1.807) is 11.3 Å². The van der Waals surface area contributed by atoms with Gasteiger partial charge in [-0.1, -0.05) is 0 Å². The number of hydrogen-bond donors (Lipinski definition) is 3. The summed E-state index contributed by atoms with van der Waals surface area (Å²) in [6, 6.07) is 2.09. The predicted octanol–water partition coefficient (Wildman–Crippen LogP) is 1.01. The van der Waals surface area contributed by atoms with Crippen LogP contribution in [0.5, 0.6) is 0 Å². The highest BCUT2D eigenvalue weighted by Gasteiger charge is 2.13. The molecule has 0 aliphatic carbocycles. The van der Waals surface area contributed by atoms with E-state index in [1.165, 1.54) is 0 Å². The largest absolute Gasteiger partial charge is 0.382 e. The van der Waals surface area contributed by atoms with Gasteiger partial charge >= 0.3 is 0 Å². The zero-order valence-corrected chi connectivity index (χ0v) is 10.6. The molecule has 1 aromatic rings. The summed E-state index contributed by atoms with van der Waals surface area (Å²) >= 11 is 4.97. The maximum Gasteiger partial charge on any atom is 0.247 e. The van der Waals surface area contributed by atoms with Crippen molar-refractivity contribution in [3.8, 4) is 0 Å². The van der Waals surface area contributed by atoms with E-state index in [0.717, 1.165) is 9.35 Å². The summed E-state index contributed by atoms with van der Waals surface area (Å²) in [5, 5.41) is 14.2. The van der Waals surface area contributed by atoms with Crippen LogP contribution in [0.2, 0.25) is 0 Å².